The third kappa shape index (κ3) is 6.00. The van der Waals surface area contributed by atoms with Crippen LogP contribution >= 0.6 is 12.4 Å². The molecule has 0 fully saturated rings. The maximum atomic E-state index is 13.0. The summed E-state index contributed by atoms with van der Waals surface area (Å²) in [7, 11) is 1.76. The molecule has 2 aromatic rings. The number of hydrogen-bond donors (Lipinski definition) is 1. The second kappa shape index (κ2) is 9.55. The van der Waals surface area contributed by atoms with Crippen molar-refractivity contribution in [3.63, 3.8) is 0 Å². The van der Waals surface area contributed by atoms with Crippen LogP contribution in [0.15, 0.2) is 48.5 Å². The zero-order valence-corrected chi connectivity index (χ0v) is 16.2. The van der Waals surface area contributed by atoms with E-state index >= 15 is 0 Å². The Labute approximate surface area is 160 Å². The highest BCUT2D eigenvalue weighted by Gasteiger charge is 2.23. The normalized spacial score (nSPS) is 10.8. The van der Waals surface area contributed by atoms with Crippen molar-refractivity contribution in [3.8, 4) is 5.75 Å². The maximum absolute atomic E-state index is 13.0. The molecule has 26 heavy (non-hydrogen) atoms. The van der Waals surface area contributed by atoms with Crippen LogP contribution in [0.1, 0.15) is 29.8 Å². The lowest BCUT2D eigenvalue weighted by Crippen LogP contribution is -2.39. The Morgan fingerprint density at radius 1 is 1.15 bits per heavy atom. The molecular weight excluding hydrogens is 355 g/mol. The first-order valence-corrected chi connectivity index (χ1v) is 8.24. The van der Waals surface area contributed by atoms with Crippen LogP contribution in [-0.4, -0.2) is 30.9 Å². The van der Waals surface area contributed by atoms with Crippen molar-refractivity contribution in [1.29, 1.82) is 0 Å². The summed E-state index contributed by atoms with van der Waals surface area (Å²) in [5.74, 6) is 0.105. The molecule has 2 N–H and O–H groups in total. The molecule has 0 radical (unpaired) electrons. The van der Waals surface area contributed by atoms with Crippen LogP contribution in [0, 0.1) is 11.2 Å². The number of para-hydroxylation sites is 1. The fraction of sp³-hybridized carbons (Fsp3) is 0.350. The van der Waals surface area contributed by atoms with Gasteiger partial charge in [-0.05, 0) is 41.8 Å². The highest BCUT2D eigenvalue weighted by molar-refractivity contribution is 5.96. The lowest BCUT2D eigenvalue weighted by molar-refractivity contribution is 0.0735. The Bertz CT molecular complexity index is 720. The van der Waals surface area contributed by atoms with Gasteiger partial charge in [-0.15, -0.1) is 12.4 Å². The smallest absolute Gasteiger partial charge is 0.257 e. The number of nitrogens with two attached hydrogens (primary N) is 1. The number of benzene rings is 2. The van der Waals surface area contributed by atoms with E-state index in [1.54, 1.807) is 42.3 Å². The van der Waals surface area contributed by atoms with Gasteiger partial charge >= 0.3 is 0 Å². The number of halogens is 2. The van der Waals surface area contributed by atoms with E-state index in [1.807, 2.05) is 19.9 Å². The molecule has 0 heterocycles. The van der Waals surface area contributed by atoms with E-state index in [0.717, 1.165) is 5.56 Å². The molecule has 1 amide bonds. The number of hydrogen-bond acceptors (Lipinski definition) is 3. The summed E-state index contributed by atoms with van der Waals surface area (Å²) in [6, 6.07) is 13.2. The van der Waals surface area contributed by atoms with Crippen LogP contribution in [0.2, 0.25) is 0 Å². The molecule has 0 atom stereocenters. The van der Waals surface area contributed by atoms with Gasteiger partial charge in [0.25, 0.3) is 5.91 Å². The van der Waals surface area contributed by atoms with Crippen LogP contribution in [0.25, 0.3) is 0 Å². The molecule has 0 aliphatic rings. The van der Waals surface area contributed by atoms with Crippen molar-refractivity contribution in [2.24, 2.45) is 11.1 Å². The molecular formula is C20H26ClFN2O2. The maximum Gasteiger partial charge on any atom is 0.257 e. The molecule has 4 nitrogen and oxygen atoms in total. The highest BCUT2D eigenvalue weighted by atomic mass is 35.5. The van der Waals surface area contributed by atoms with Crippen molar-refractivity contribution < 1.29 is 13.9 Å². The van der Waals surface area contributed by atoms with Crippen LogP contribution in [-0.2, 0) is 6.61 Å². The monoisotopic (exact) mass is 380 g/mol. The van der Waals surface area contributed by atoms with Gasteiger partial charge in [0.2, 0.25) is 0 Å². The van der Waals surface area contributed by atoms with Crippen LogP contribution in [0.4, 0.5) is 4.39 Å². The van der Waals surface area contributed by atoms with Crippen molar-refractivity contribution in [2.75, 3.05) is 20.1 Å². The molecule has 2 rings (SSSR count). The fourth-order valence-electron chi connectivity index (χ4n) is 2.49. The van der Waals surface area contributed by atoms with Gasteiger partial charge in [0.1, 0.15) is 18.2 Å². The van der Waals surface area contributed by atoms with Crippen LogP contribution in [0.5, 0.6) is 5.75 Å². The fourth-order valence-corrected chi connectivity index (χ4v) is 2.49. The van der Waals surface area contributed by atoms with E-state index in [0.29, 0.717) is 24.4 Å². The summed E-state index contributed by atoms with van der Waals surface area (Å²) in [5, 5.41) is 0. The first-order chi connectivity index (χ1) is 11.8. The van der Waals surface area contributed by atoms with Gasteiger partial charge in [0.05, 0.1) is 5.56 Å². The summed E-state index contributed by atoms with van der Waals surface area (Å²) < 4.78 is 18.8. The molecule has 142 valence electrons. The van der Waals surface area contributed by atoms with Crippen molar-refractivity contribution in [3.05, 3.63) is 65.5 Å². The predicted octanol–water partition coefficient (Wildman–Crippen LogP) is 3.88. The van der Waals surface area contributed by atoms with E-state index in [4.69, 9.17) is 10.5 Å². The molecule has 0 saturated carbocycles. The Morgan fingerprint density at radius 2 is 1.77 bits per heavy atom. The minimum atomic E-state index is -0.288. The largest absolute Gasteiger partial charge is 0.488 e. The average molecular weight is 381 g/mol. The molecule has 0 aliphatic heterocycles. The summed E-state index contributed by atoms with van der Waals surface area (Å²) >= 11 is 0. The Balaban J connectivity index is 0.00000338. The minimum Gasteiger partial charge on any atom is -0.488 e. The molecule has 0 aliphatic carbocycles. The third-order valence-electron chi connectivity index (χ3n) is 3.99. The van der Waals surface area contributed by atoms with Crippen molar-refractivity contribution >= 4 is 18.3 Å². The molecule has 6 heteroatoms. The predicted molar refractivity (Wildman–Crippen MR) is 104 cm³/mol. The molecule has 0 unspecified atom stereocenters. The quantitative estimate of drug-likeness (QED) is 0.792. The second-order valence-corrected chi connectivity index (χ2v) is 6.94. The molecule has 0 bridgehead atoms. The number of ether oxygens (including phenoxy) is 1. The van der Waals surface area contributed by atoms with E-state index < -0.39 is 0 Å². The Kier molecular flexibility index (Phi) is 8.06. The first kappa shape index (κ1) is 21.9. The lowest BCUT2D eigenvalue weighted by Gasteiger charge is -2.29. The van der Waals surface area contributed by atoms with E-state index in [-0.39, 0.29) is 36.2 Å². The number of rotatable bonds is 7. The van der Waals surface area contributed by atoms with E-state index in [2.05, 4.69) is 0 Å². The molecule has 0 aromatic heterocycles. The Morgan fingerprint density at radius 3 is 2.38 bits per heavy atom. The van der Waals surface area contributed by atoms with E-state index in [1.165, 1.54) is 12.1 Å². The number of amides is 1. The topological polar surface area (TPSA) is 55.6 Å². The second-order valence-electron chi connectivity index (χ2n) is 6.94. The summed E-state index contributed by atoms with van der Waals surface area (Å²) in [6.45, 7) is 5.35. The van der Waals surface area contributed by atoms with Crippen LogP contribution in [0.3, 0.4) is 0 Å². The Hall–Kier alpha value is -2.11. The van der Waals surface area contributed by atoms with Crippen molar-refractivity contribution in [2.45, 2.75) is 20.5 Å². The summed E-state index contributed by atoms with van der Waals surface area (Å²) in [6.07, 6.45) is 0. The zero-order valence-electron chi connectivity index (χ0n) is 15.4. The number of carbonyl (C=O) groups excluding carboxylic acids is 1. The standard InChI is InChI=1S/C20H25FN2O2.ClH/c1-20(2,13-22)14-23(3)19(24)17-6-4-5-7-18(17)25-12-15-8-10-16(21)11-9-15;/h4-11H,12-14,22H2,1-3H3;1H. The molecule has 0 spiro atoms. The van der Waals surface area contributed by atoms with E-state index in [9.17, 15) is 9.18 Å². The zero-order chi connectivity index (χ0) is 18.4. The average Bonchev–Trinajstić information content (AvgIpc) is 2.60. The van der Waals surface area contributed by atoms with Gasteiger partial charge < -0.3 is 15.4 Å². The lowest BCUT2D eigenvalue weighted by atomic mass is 9.93. The van der Waals surface area contributed by atoms with Gasteiger partial charge in [-0.1, -0.05) is 38.1 Å². The number of carbonyl (C=O) groups is 1. The van der Waals surface area contributed by atoms with Gasteiger partial charge in [-0.3, -0.25) is 4.79 Å². The number of nitrogens with zero attached hydrogens (tertiary/aromatic N) is 1. The minimum absolute atomic E-state index is 0. The van der Waals surface area contributed by atoms with Gasteiger partial charge in [-0.2, -0.15) is 0 Å². The molecule has 2 aromatic carbocycles. The van der Waals surface area contributed by atoms with Gasteiger partial charge in [0, 0.05) is 13.6 Å². The SMILES string of the molecule is CN(CC(C)(C)CN)C(=O)c1ccccc1OCc1ccc(F)cc1.Cl. The first-order valence-electron chi connectivity index (χ1n) is 8.24. The summed E-state index contributed by atoms with van der Waals surface area (Å²) in [5.41, 5.74) is 6.93. The van der Waals surface area contributed by atoms with Crippen LogP contribution < -0.4 is 10.5 Å². The molecule has 0 saturated heterocycles. The van der Waals surface area contributed by atoms with Gasteiger partial charge in [0.15, 0.2) is 0 Å². The highest BCUT2D eigenvalue weighted by Crippen LogP contribution is 2.23. The van der Waals surface area contributed by atoms with Crippen molar-refractivity contribution in [1.82, 2.24) is 4.90 Å². The summed E-state index contributed by atoms with van der Waals surface area (Å²) in [4.78, 5) is 14.4. The van der Waals surface area contributed by atoms with Gasteiger partial charge in [-0.25, -0.2) is 4.39 Å². The third-order valence-corrected chi connectivity index (χ3v) is 3.99.